The molecule has 0 saturated carbocycles. The summed E-state index contributed by atoms with van der Waals surface area (Å²) in [7, 11) is 0. The van der Waals surface area contributed by atoms with E-state index in [2.05, 4.69) is 31.0 Å². The van der Waals surface area contributed by atoms with Gasteiger partial charge in [0.05, 0.1) is 5.60 Å². The van der Waals surface area contributed by atoms with Crippen LogP contribution in [-0.4, -0.2) is 29.8 Å². The first-order valence-electron chi connectivity index (χ1n) is 7.22. The van der Waals surface area contributed by atoms with E-state index in [1.807, 2.05) is 32.0 Å². The molecule has 0 aliphatic heterocycles. The van der Waals surface area contributed by atoms with Crippen LogP contribution in [0.4, 0.5) is 5.69 Å². The highest BCUT2D eigenvalue weighted by Crippen LogP contribution is 2.26. The summed E-state index contributed by atoms with van der Waals surface area (Å²) >= 11 is 6.12. The van der Waals surface area contributed by atoms with Crippen LogP contribution in [0.5, 0.6) is 0 Å². The van der Waals surface area contributed by atoms with Crippen LogP contribution in [0.25, 0.3) is 0 Å². The van der Waals surface area contributed by atoms with Gasteiger partial charge in [-0.15, -0.1) is 0 Å². The molecule has 3 nitrogen and oxygen atoms in total. The van der Waals surface area contributed by atoms with E-state index >= 15 is 0 Å². The summed E-state index contributed by atoms with van der Waals surface area (Å²) in [5, 5.41) is 14.2. The molecule has 0 aliphatic carbocycles. The summed E-state index contributed by atoms with van der Waals surface area (Å²) in [4.78, 5) is 2.19. The van der Waals surface area contributed by atoms with Gasteiger partial charge < -0.3 is 15.3 Å². The van der Waals surface area contributed by atoms with Gasteiger partial charge in [-0.3, -0.25) is 0 Å². The number of nitrogens with one attached hydrogen (secondary N) is 1. The second-order valence-electron chi connectivity index (χ2n) is 6.14. The highest BCUT2D eigenvalue weighted by Gasteiger charge is 2.19. The topological polar surface area (TPSA) is 35.5 Å². The molecule has 0 spiro atoms. The lowest BCUT2D eigenvalue weighted by Crippen LogP contribution is -2.39. The van der Waals surface area contributed by atoms with Gasteiger partial charge in [-0.25, -0.2) is 0 Å². The van der Waals surface area contributed by atoms with Gasteiger partial charge in [0, 0.05) is 36.4 Å². The lowest BCUT2D eigenvalue weighted by atomic mass is 10.1. The number of aliphatic hydroxyl groups is 1. The molecule has 0 radical (unpaired) electrons. The summed E-state index contributed by atoms with van der Waals surface area (Å²) in [6.45, 7) is 12.2. The first kappa shape index (κ1) is 17.3. The number of hydrogen-bond donors (Lipinski definition) is 2. The Kier molecular flexibility index (Phi) is 6.31. The molecule has 0 aromatic heterocycles. The number of anilines is 1. The minimum absolute atomic E-state index is 0.422. The first-order chi connectivity index (χ1) is 9.23. The van der Waals surface area contributed by atoms with E-state index in [0.717, 1.165) is 29.4 Å². The van der Waals surface area contributed by atoms with Crippen molar-refractivity contribution in [2.75, 3.05) is 18.0 Å². The maximum atomic E-state index is 10.1. The monoisotopic (exact) mass is 298 g/mol. The van der Waals surface area contributed by atoms with Crippen molar-refractivity contribution in [2.24, 2.45) is 0 Å². The molecule has 1 aromatic rings. The third kappa shape index (κ3) is 5.70. The summed E-state index contributed by atoms with van der Waals surface area (Å²) in [6, 6.07) is 6.36. The van der Waals surface area contributed by atoms with Gasteiger partial charge in [0.1, 0.15) is 0 Å². The Morgan fingerprint density at radius 2 is 2.00 bits per heavy atom. The second-order valence-corrected chi connectivity index (χ2v) is 6.57. The molecule has 2 N–H and O–H groups in total. The second kappa shape index (κ2) is 7.30. The van der Waals surface area contributed by atoms with E-state index in [4.69, 9.17) is 11.6 Å². The van der Waals surface area contributed by atoms with Crippen LogP contribution in [0.3, 0.4) is 0 Å². The highest BCUT2D eigenvalue weighted by atomic mass is 35.5. The standard InChI is InChI=1S/C16H27ClN2O/c1-6-19(11-16(4,5)20)15-8-7-14(17)9-13(15)10-18-12(2)3/h7-9,12,18,20H,6,10-11H2,1-5H3. The Labute approximate surface area is 127 Å². The molecular formula is C16H27ClN2O. The van der Waals surface area contributed by atoms with Gasteiger partial charge in [0.2, 0.25) is 0 Å². The molecule has 4 heteroatoms. The lowest BCUT2D eigenvalue weighted by Gasteiger charge is -2.31. The predicted molar refractivity (Wildman–Crippen MR) is 87.6 cm³/mol. The quantitative estimate of drug-likeness (QED) is 0.809. The van der Waals surface area contributed by atoms with Crippen LogP contribution < -0.4 is 10.2 Å². The smallest absolute Gasteiger partial charge is 0.0765 e. The number of nitrogens with zero attached hydrogens (tertiary/aromatic N) is 1. The molecule has 0 heterocycles. The third-order valence-corrected chi connectivity index (χ3v) is 3.28. The van der Waals surface area contributed by atoms with Gasteiger partial charge in [-0.1, -0.05) is 25.4 Å². The number of hydrogen-bond acceptors (Lipinski definition) is 3. The van der Waals surface area contributed by atoms with Crippen LogP contribution in [-0.2, 0) is 6.54 Å². The maximum absolute atomic E-state index is 10.1. The van der Waals surface area contributed by atoms with Gasteiger partial charge in [-0.05, 0) is 44.5 Å². The molecule has 1 rings (SSSR count). The Morgan fingerprint density at radius 3 is 2.50 bits per heavy atom. The Hall–Kier alpha value is -0.770. The van der Waals surface area contributed by atoms with Crippen molar-refractivity contribution in [3.63, 3.8) is 0 Å². The highest BCUT2D eigenvalue weighted by molar-refractivity contribution is 6.30. The van der Waals surface area contributed by atoms with Gasteiger partial charge in [0.15, 0.2) is 0 Å². The molecule has 20 heavy (non-hydrogen) atoms. The average Bonchev–Trinajstić information content (AvgIpc) is 2.32. The fourth-order valence-electron chi connectivity index (χ4n) is 2.15. The fraction of sp³-hybridized carbons (Fsp3) is 0.625. The van der Waals surface area contributed by atoms with E-state index in [1.54, 1.807) is 0 Å². The summed E-state index contributed by atoms with van der Waals surface area (Å²) in [5.74, 6) is 0. The van der Waals surface area contributed by atoms with Crippen LogP contribution in [0.1, 0.15) is 40.2 Å². The molecule has 0 aliphatic rings. The van der Waals surface area contributed by atoms with Crippen molar-refractivity contribution in [2.45, 2.75) is 52.8 Å². The van der Waals surface area contributed by atoms with Crippen LogP contribution in [0, 0.1) is 0 Å². The van der Waals surface area contributed by atoms with E-state index in [9.17, 15) is 5.11 Å². The largest absolute Gasteiger partial charge is 0.389 e. The van der Waals surface area contributed by atoms with Crippen molar-refractivity contribution in [3.8, 4) is 0 Å². The molecule has 0 atom stereocenters. The molecule has 0 unspecified atom stereocenters. The number of benzene rings is 1. The van der Waals surface area contributed by atoms with Crippen molar-refractivity contribution >= 4 is 17.3 Å². The average molecular weight is 299 g/mol. The molecule has 0 fully saturated rings. The molecule has 0 bridgehead atoms. The van der Waals surface area contributed by atoms with Crippen LogP contribution in [0.2, 0.25) is 5.02 Å². The number of rotatable bonds is 7. The minimum Gasteiger partial charge on any atom is -0.389 e. The lowest BCUT2D eigenvalue weighted by molar-refractivity contribution is 0.0875. The molecular weight excluding hydrogens is 272 g/mol. The zero-order valence-corrected chi connectivity index (χ0v) is 14.0. The van der Waals surface area contributed by atoms with Crippen molar-refractivity contribution in [1.82, 2.24) is 5.32 Å². The molecule has 0 amide bonds. The zero-order chi connectivity index (χ0) is 15.3. The Morgan fingerprint density at radius 1 is 1.35 bits per heavy atom. The zero-order valence-electron chi connectivity index (χ0n) is 13.2. The first-order valence-corrected chi connectivity index (χ1v) is 7.60. The van der Waals surface area contributed by atoms with Gasteiger partial charge >= 0.3 is 0 Å². The van der Waals surface area contributed by atoms with E-state index in [1.165, 1.54) is 0 Å². The molecule has 1 aromatic carbocycles. The normalized spacial score (nSPS) is 12.0. The minimum atomic E-state index is -0.724. The van der Waals surface area contributed by atoms with Gasteiger partial charge in [-0.2, -0.15) is 0 Å². The predicted octanol–water partition coefficient (Wildman–Crippen LogP) is 3.44. The fourth-order valence-corrected chi connectivity index (χ4v) is 2.35. The third-order valence-electron chi connectivity index (χ3n) is 3.04. The Balaban J connectivity index is 3.01. The van der Waals surface area contributed by atoms with E-state index in [-0.39, 0.29) is 0 Å². The van der Waals surface area contributed by atoms with Crippen molar-refractivity contribution in [1.29, 1.82) is 0 Å². The molecule has 0 saturated heterocycles. The Bertz CT molecular complexity index is 427. The summed E-state index contributed by atoms with van der Waals surface area (Å²) in [5.41, 5.74) is 1.57. The molecule has 114 valence electrons. The van der Waals surface area contributed by atoms with E-state index in [0.29, 0.717) is 12.6 Å². The van der Waals surface area contributed by atoms with Crippen molar-refractivity contribution < 1.29 is 5.11 Å². The number of halogens is 1. The summed E-state index contributed by atoms with van der Waals surface area (Å²) in [6.07, 6.45) is 0. The van der Waals surface area contributed by atoms with Crippen molar-refractivity contribution in [3.05, 3.63) is 28.8 Å². The van der Waals surface area contributed by atoms with Gasteiger partial charge in [0.25, 0.3) is 0 Å². The van der Waals surface area contributed by atoms with E-state index < -0.39 is 5.60 Å². The summed E-state index contributed by atoms with van der Waals surface area (Å²) < 4.78 is 0. The SMILES string of the molecule is CCN(CC(C)(C)O)c1ccc(Cl)cc1CNC(C)C. The maximum Gasteiger partial charge on any atom is 0.0765 e. The van der Waals surface area contributed by atoms with Crippen LogP contribution in [0.15, 0.2) is 18.2 Å². The van der Waals surface area contributed by atoms with Crippen LogP contribution >= 0.6 is 11.6 Å². The number of likely N-dealkylation sites (N-methyl/N-ethyl adjacent to an activating group) is 1.